The molecule has 1 heterocycles. The van der Waals surface area contributed by atoms with Crippen LogP contribution in [0.1, 0.15) is 37.5 Å². The van der Waals surface area contributed by atoms with Gasteiger partial charge in [0.1, 0.15) is 5.01 Å². The Bertz CT molecular complexity index is 347. The van der Waals surface area contributed by atoms with Gasteiger partial charge in [-0.3, -0.25) is 4.79 Å². The Labute approximate surface area is 100 Å². The minimum absolute atomic E-state index is 0.0234. The molecular formula is C11H19N3OS. The van der Waals surface area contributed by atoms with Crippen molar-refractivity contribution in [2.45, 2.75) is 33.2 Å². The summed E-state index contributed by atoms with van der Waals surface area (Å²) in [5, 5.41) is 5.64. The summed E-state index contributed by atoms with van der Waals surface area (Å²) in [5.74, 6) is 0.495. The van der Waals surface area contributed by atoms with E-state index in [1.165, 1.54) is 11.3 Å². The monoisotopic (exact) mass is 241 g/mol. The third-order valence-corrected chi connectivity index (χ3v) is 3.10. The van der Waals surface area contributed by atoms with E-state index in [4.69, 9.17) is 5.73 Å². The fourth-order valence-corrected chi connectivity index (χ4v) is 1.94. The molecular weight excluding hydrogens is 222 g/mol. The molecule has 1 aromatic rings. The molecule has 0 radical (unpaired) electrons. The van der Waals surface area contributed by atoms with Crippen molar-refractivity contribution < 1.29 is 4.79 Å². The van der Waals surface area contributed by atoms with Gasteiger partial charge in [-0.05, 0) is 12.8 Å². The molecule has 0 aliphatic heterocycles. The maximum atomic E-state index is 11.5. The molecule has 4 nitrogen and oxygen atoms in total. The summed E-state index contributed by atoms with van der Waals surface area (Å²) in [5.41, 5.74) is 6.51. The summed E-state index contributed by atoms with van der Waals surface area (Å²) in [7, 11) is 0. The van der Waals surface area contributed by atoms with Gasteiger partial charge >= 0.3 is 0 Å². The first kappa shape index (κ1) is 13.1. The van der Waals surface area contributed by atoms with Gasteiger partial charge in [0.2, 0.25) is 5.91 Å². The lowest BCUT2D eigenvalue weighted by Gasteiger charge is -2.06. The minimum atomic E-state index is -0.0579. The lowest BCUT2D eigenvalue weighted by Crippen LogP contribution is -2.28. The van der Waals surface area contributed by atoms with Crippen LogP contribution in [-0.2, 0) is 11.2 Å². The number of rotatable bonds is 5. The second-order valence-corrected chi connectivity index (χ2v) is 5.23. The Morgan fingerprint density at radius 1 is 1.56 bits per heavy atom. The number of nitrogens with two attached hydrogens (primary N) is 1. The molecule has 0 aromatic carbocycles. The zero-order valence-corrected chi connectivity index (χ0v) is 10.8. The quantitative estimate of drug-likeness (QED) is 0.820. The van der Waals surface area contributed by atoms with E-state index >= 15 is 0 Å². The molecule has 16 heavy (non-hydrogen) atoms. The number of carbonyl (C=O) groups excluding carboxylic acids is 1. The van der Waals surface area contributed by atoms with Crippen molar-refractivity contribution in [3.63, 3.8) is 0 Å². The fourth-order valence-electron chi connectivity index (χ4n) is 1.16. The molecule has 1 rings (SSSR count). The maximum absolute atomic E-state index is 11.5. The molecule has 0 fully saturated rings. The van der Waals surface area contributed by atoms with E-state index in [9.17, 15) is 4.79 Å². The second-order valence-electron chi connectivity index (χ2n) is 4.34. The van der Waals surface area contributed by atoms with Crippen molar-refractivity contribution in [3.05, 3.63) is 16.1 Å². The highest BCUT2D eigenvalue weighted by Gasteiger charge is 2.09. The van der Waals surface area contributed by atoms with Crippen LogP contribution in [0.15, 0.2) is 5.38 Å². The van der Waals surface area contributed by atoms with Crippen LogP contribution in [0.2, 0.25) is 0 Å². The first-order valence-electron chi connectivity index (χ1n) is 5.45. The molecule has 1 amide bonds. The Hall–Kier alpha value is -0.940. The van der Waals surface area contributed by atoms with E-state index in [2.05, 4.69) is 24.1 Å². The first-order chi connectivity index (χ1) is 7.49. The first-order valence-corrected chi connectivity index (χ1v) is 6.33. The Kier molecular flexibility index (Phi) is 4.89. The molecule has 1 aromatic heterocycles. The molecule has 0 bridgehead atoms. The molecule has 0 saturated carbocycles. The van der Waals surface area contributed by atoms with Gasteiger partial charge in [0.05, 0.1) is 18.2 Å². The molecule has 0 spiro atoms. The third-order valence-electron chi connectivity index (χ3n) is 2.01. The summed E-state index contributed by atoms with van der Waals surface area (Å²) >= 11 is 1.51. The van der Waals surface area contributed by atoms with Crippen LogP contribution >= 0.6 is 11.3 Å². The van der Waals surface area contributed by atoms with Crippen molar-refractivity contribution >= 4 is 17.2 Å². The largest absolute Gasteiger partial charge is 0.356 e. The van der Waals surface area contributed by atoms with Crippen molar-refractivity contribution in [1.29, 1.82) is 0 Å². The summed E-state index contributed by atoms with van der Waals surface area (Å²) in [4.78, 5) is 15.8. The highest BCUT2D eigenvalue weighted by Crippen LogP contribution is 2.15. The molecule has 90 valence electrons. The molecule has 0 aliphatic carbocycles. The number of aromatic nitrogens is 1. The van der Waals surface area contributed by atoms with Crippen LogP contribution in [0, 0.1) is 5.92 Å². The predicted molar refractivity (Wildman–Crippen MR) is 66.3 cm³/mol. The Morgan fingerprint density at radius 2 is 2.25 bits per heavy atom. The van der Waals surface area contributed by atoms with Crippen LogP contribution in [0.5, 0.6) is 0 Å². The molecule has 0 aliphatic rings. The van der Waals surface area contributed by atoms with Gasteiger partial charge in [0.25, 0.3) is 0 Å². The van der Waals surface area contributed by atoms with Crippen LogP contribution in [-0.4, -0.2) is 17.4 Å². The van der Waals surface area contributed by atoms with Crippen LogP contribution in [0.3, 0.4) is 0 Å². The SMILES string of the molecule is CC(C)CNC(=O)Cc1csc(C(C)N)n1. The van der Waals surface area contributed by atoms with E-state index in [0.29, 0.717) is 18.9 Å². The lowest BCUT2D eigenvalue weighted by molar-refractivity contribution is -0.120. The minimum Gasteiger partial charge on any atom is -0.356 e. The van der Waals surface area contributed by atoms with E-state index in [-0.39, 0.29) is 11.9 Å². The van der Waals surface area contributed by atoms with Crippen molar-refractivity contribution in [2.75, 3.05) is 6.54 Å². The zero-order valence-electron chi connectivity index (χ0n) is 9.99. The van der Waals surface area contributed by atoms with Crippen molar-refractivity contribution in [3.8, 4) is 0 Å². The highest BCUT2D eigenvalue weighted by molar-refractivity contribution is 7.09. The Balaban J connectivity index is 2.43. The fraction of sp³-hybridized carbons (Fsp3) is 0.636. The summed E-state index contributed by atoms with van der Waals surface area (Å²) in [6.07, 6.45) is 0.343. The topological polar surface area (TPSA) is 68.0 Å². The van der Waals surface area contributed by atoms with Crippen LogP contribution in [0.25, 0.3) is 0 Å². The van der Waals surface area contributed by atoms with E-state index in [1.807, 2.05) is 12.3 Å². The van der Waals surface area contributed by atoms with Gasteiger partial charge in [-0.2, -0.15) is 0 Å². The Morgan fingerprint density at radius 3 is 2.75 bits per heavy atom. The highest BCUT2D eigenvalue weighted by atomic mass is 32.1. The number of hydrogen-bond donors (Lipinski definition) is 2. The normalized spacial score (nSPS) is 12.8. The van der Waals surface area contributed by atoms with Gasteiger partial charge in [-0.25, -0.2) is 4.98 Å². The number of nitrogens with zero attached hydrogens (tertiary/aromatic N) is 1. The molecule has 1 atom stereocenters. The molecule has 1 unspecified atom stereocenters. The standard InChI is InChI=1S/C11H19N3OS/c1-7(2)5-13-10(15)4-9-6-16-11(14-9)8(3)12/h6-8H,4-5,12H2,1-3H3,(H,13,15). The van der Waals surface area contributed by atoms with E-state index in [1.54, 1.807) is 0 Å². The average molecular weight is 241 g/mol. The lowest BCUT2D eigenvalue weighted by atomic mass is 10.2. The second kappa shape index (κ2) is 5.96. The smallest absolute Gasteiger partial charge is 0.226 e. The van der Waals surface area contributed by atoms with Gasteiger partial charge < -0.3 is 11.1 Å². The van der Waals surface area contributed by atoms with Crippen LogP contribution in [0.4, 0.5) is 0 Å². The van der Waals surface area contributed by atoms with Crippen LogP contribution < -0.4 is 11.1 Å². The van der Waals surface area contributed by atoms with Gasteiger partial charge in [-0.15, -0.1) is 11.3 Å². The molecule has 0 saturated heterocycles. The summed E-state index contributed by atoms with van der Waals surface area (Å²) in [6.45, 7) is 6.74. The van der Waals surface area contributed by atoms with Gasteiger partial charge in [0, 0.05) is 11.9 Å². The summed E-state index contributed by atoms with van der Waals surface area (Å²) in [6, 6.07) is -0.0579. The predicted octanol–water partition coefficient (Wildman–Crippen LogP) is 1.48. The van der Waals surface area contributed by atoms with Crippen molar-refractivity contribution in [2.24, 2.45) is 11.7 Å². The zero-order chi connectivity index (χ0) is 12.1. The number of hydrogen-bond acceptors (Lipinski definition) is 4. The van der Waals surface area contributed by atoms with Gasteiger partial charge in [-0.1, -0.05) is 13.8 Å². The summed E-state index contributed by atoms with van der Waals surface area (Å²) < 4.78 is 0. The average Bonchev–Trinajstić information content (AvgIpc) is 2.63. The number of nitrogens with one attached hydrogen (secondary N) is 1. The van der Waals surface area contributed by atoms with E-state index < -0.39 is 0 Å². The number of amides is 1. The van der Waals surface area contributed by atoms with Crippen molar-refractivity contribution in [1.82, 2.24) is 10.3 Å². The maximum Gasteiger partial charge on any atom is 0.226 e. The third kappa shape index (κ3) is 4.28. The molecule has 5 heteroatoms. The van der Waals surface area contributed by atoms with Gasteiger partial charge in [0.15, 0.2) is 0 Å². The number of carbonyl (C=O) groups is 1. The van der Waals surface area contributed by atoms with E-state index in [0.717, 1.165) is 10.7 Å². The molecule has 3 N–H and O–H groups in total. The number of thiazole rings is 1.